The predicted octanol–water partition coefficient (Wildman–Crippen LogP) is 3.87. The summed E-state index contributed by atoms with van der Waals surface area (Å²) in [5, 5.41) is 9.04. The van der Waals surface area contributed by atoms with E-state index in [0.717, 1.165) is 38.2 Å². The molecule has 0 spiro atoms. The number of hydrogen-bond donors (Lipinski definition) is 0. The molecule has 0 atom stereocenters. The second-order valence-electron chi connectivity index (χ2n) is 5.55. The van der Waals surface area contributed by atoms with Gasteiger partial charge in [0.1, 0.15) is 23.3 Å². The molecule has 1 saturated heterocycles. The van der Waals surface area contributed by atoms with Gasteiger partial charge in [-0.25, -0.2) is 9.38 Å². The number of rotatable bonds is 4. The van der Waals surface area contributed by atoms with Gasteiger partial charge in [0.2, 0.25) is 0 Å². The zero-order chi connectivity index (χ0) is 14.5. The van der Waals surface area contributed by atoms with E-state index in [0.29, 0.717) is 11.6 Å². The van der Waals surface area contributed by atoms with E-state index in [1.54, 1.807) is 12.1 Å². The second kappa shape index (κ2) is 6.51. The van der Waals surface area contributed by atoms with Crippen molar-refractivity contribution in [3.63, 3.8) is 0 Å². The molecule has 3 nitrogen and oxygen atoms in total. The van der Waals surface area contributed by atoms with Crippen molar-refractivity contribution in [2.75, 3.05) is 13.1 Å². The highest BCUT2D eigenvalue weighted by atomic mass is 19.1. The molecule has 1 aromatic rings. The van der Waals surface area contributed by atoms with Crippen LogP contribution in [-0.2, 0) is 0 Å². The van der Waals surface area contributed by atoms with Gasteiger partial charge in [0.15, 0.2) is 0 Å². The van der Waals surface area contributed by atoms with Crippen molar-refractivity contribution in [2.45, 2.75) is 33.1 Å². The monoisotopic (exact) mass is 273 g/mol. The lowest BCUT2D eigenvalue weighted by molar-refractivity contribution is 0.405. The average molecular weight is 273 g/mol. The van der Waals surface area contributed by atoms with Crippen LogP contribution in [0.1, 0.15) is 38.7 Å². The Hall–Kier alpha value is -1.89. The summed E-state index contributed by atoms with van der Waals surface area (Å²) < 4.78 is 13.6. The molecule has 0 saturated carbocycles. The number of nitriles is 1. The number of hydrogen-bond acceptors (Lipinski definition) is 2. The van der Waals surface area contributed by atoms with Gasteiger partial charge in [-0.1, -0.05) is 19.9 Å². The summed E-state index contributed by atoms with van der Waals surface area (Å²) in [6, 6.07) is 6.50. The molecule has 0 bridgehead atoms. The van der Waals surface area contributed by atoms with E-state index in [4.69, 9.17) is 5.26 Å². The molecule has 1 aliphatic heterocycles. The highest BCUT2D eigenvalue weighted by Crippen LogP contribution is 2.24. The summed E-state index contributed by atoms with van der Waals surface area (Å²) in [7, 11) is 0. The molecule has 0 unspecified atom stereocenters. The third kappa shape index (κ3) is 3.36. The molecule has 1 aromatic carbocycles. The third-order valence-electron chi connectivity index (χ3n) is 3.52. The van der Waals surface area contributed by atoms with Crippen LogP contribution in [0.15, 0.2) is 23.2 Å². The van der Waals surface area contributed by atoms with Gasteiger partial charge in [0.25, 0.3) is 0 Å². The maximum atomic E-state index is 13.6. The van der Waals surface area contributed by atoms with E-state index in [-0.39, 0.29) is 5.56 Å². The fraction of sp³-hybridized carbons (Fsp3) is 0.500. The summed E-state index contributed by atoms with van der Waals surface area (Å²) in [6.07, 6.45) is 3.10. The number of nitrogens with zero attached hydrogens (tertiary/aromatic N) is 3. The number of likely N-dealkylation sites (tertiary alicyclic amines) is 1. The first kappa shape index (κ1) is 14.5. The molecule has 1 heterocycles. The van der Waals surface area contributed by atoms with E-state index in [1.807, 2.05) is 6.07 Å². The molecular formula is C16H20FN3. The zero-order valence-corrected chi connectivity index (χ0v) is 12.1. The van der Waals surface area contributed by atoms with Gasteiger partial charge < -0.3 is 4.90 Å². The fourth-order valence-corrected chi connectivity index (χ4v) is 2.35. The molecule has 4 heteroatoms. The molecule has 0 aliphatic carbocycles. The van der Waals surface area contributed by atoms with Crippen LogP contribution in [0.2, 0.25) is 0 Å². The quantitative estimate of drug-likeness (QED) is 0.835. The highest BCUT2D eigenvalue weighted by Gasteiger charge is 2.19. The Morgan fingerprint density at radius 3 is 2.95 bits per heavy atom. The number of halogens is 1. The maximum absolute atomic E-state index is 13.6. The lowest BCUT2D eigenvalue weighted by Gasteiger charge is -2.20. The smallest absolute Gasteiger partial charge is 0.143 e. The van der Waals surface area contributed by atoms with Crippen LogP contribution < -0.4 is 0 Å². The topological polar surface area (TPSA) is 39.4 Å². The summed E-state index contributed by atoms with van der Waals surface area (Å²) in [4.78, 5) is 6.79. The lowest BCUT2D eigenvalue weighted by atomic mass is 10.1. The maximum Gasteiger partial charge on any atom is 0.143 e. The van der Waals surface area contributed by atoms with E-state index < -0.39 is 5.82 Å². The van der Waals surface area contributed by atoms with Gasteiger partial charge in [0.05, 0.1) is 5.69 Å². The minimum Gasteiger partial charge on any atom is -0.360 e. The Morgan fingerprint density at radius 1 is 1.45 bits per heavy atom. The Morgan fingerprint density at radius 2 is 2.25 bits per heavy atom. The van der Waals surface area contributed by atoms with Crippen LogP contribution in [0.25, 0.3) is 0 Å². The standard InChI is InChI=1S/C16H20FN3/c1-12(2)8-10-20-9-4-7-16(20)19-15-6-3-5-14(17)13(15)11-18/h3,5-6,12H,4,7-10H2,1-2H3/b19-16+. The largest absolute Gasteiger partial charge is 0.360 e. The fourth-order valence-electron chi connectivity index (χ4n) is 2.35. The zero-order valence-electron chi connectivity index (χ0n) is 12.1. The number of benzene rings is 1. The van der Waals surface area contributed by atoms with Crippen LogP contribution in [0, 0.1) is 23.1 Å². The minimum atomic E-state index is -0.499. The Bertz CT molecular complexity index is 543. The predicted molar refractivity (Wildman–Crippen MR) is 78.5 cm³/mol. The Labute approximate surface area is 119 Å². The van der Waals surface area contributed by atoms with Gasteiger partial charge >= 0.3 is 0 Å². The van der Waals surface area contributed by atoms with Crippen molar-refractivity contribution in [1.29, 1.82) is 5.26 Å². The first-order valence-corrected chi connectivity index (χ1v) is 7.13. The molecule has 106 valence electrons. The van der Waals surface area contributed by atoms with Crippen molar-refractivity contribution >= 4 is 11.5 Å². The van der Waals surface area contributed by atoms with Crippen molar-refractivity contribution in [3.8, 4) is 6.07 Å². The Kier molecular flexibility index (Phi) is 4.73. The van der Waals surface area contributed by atoms with Crippen molar-refractivity contribution in [2.24, 2.45) is 10.9 Å². The van der Waals surface area contributed by atoms with Crippen LogP contribution in [0.4, 0.5) is 10.1 Å². The molecule has 20 heavy (non-hydrogen) atoms. The first-order chi connectivity index (χ1) is 9.61. The molecule has 2 rings (SSSR count). The lowest BCUT2D eigenvalue weighted by Crippen LogP contribution is -2.26. The van der Waals surface area contributed by atoms with Gasteiger partial charge in [0, 0.05) is 19.5 Å². The average Bonchev–Trinajstić information content (AvgIpc) is 2.84. The van der Waals surface area contributed by atoms with Crippen LogP contribution in [-0.4, -0.2) is 23.8 Å². The normalized spacial score (nSPS) is 16.9. The van der Waals surface area contributed by atoms with Crippen LogP contribution in [0.5, 0.6) is 0 Å². The molecule has 0 aromatic heterocycles. The SMILES string of the molecule is CC(C)CCN1CCC/C1=N\c1cccc(F)c1C#N. The molecular weight excluding hydrogens is 253 g/mol. The number of aliphatic imine (C=N–C) groups is 1. The molecule has 1 aliphatic rings. The van der Waals surface area contributed by atoms with E-state index in [2.05, 4.69) is 23.7 Å². The van der Waals surface area contributed by atoms with Gasteiger partial charge in [-0.3, -0.25) is 0 Å². The summed E-state index contributed by atoms with van der Waals surface area (Å²) in [5.74, 6) is 1.13. The van der Waals surface area contributed by atoms with Crippen LogP contribution >= 0.6 is 0 Å². The molecule has 0 N–H and O–H groups in total. The van der Waals surface area contributed by atoms with Gasteiger partial charge in [-0.05, 0) is 30.9 Å². The first-order valence-electron chi connectivity index (χ1n) is 7.13. The Balaban J connectivity index is 2.21. The van der Waals surface area contributed by atoms with Gasteiger partial charge in [-0.15, -0.1) is 0 Å². The molecule has 0 amide bonds. The highest BCUT2D eigenvalue weighted by molar-refractivity contribution is 5.87. The molecule has 1 fully saturated rings. The van der Waals surface area contributed by atoms with E-state index in [9.17, 15) is 4.39 Å². The summed E-state index contributed by atoms with van der Waals surface area (Å²) in [6.45, 7) is 6.39. The van der Waals surface area contributed by atoms with Crippen molar-refractivity contribution in [1.82, 2.24) is 4.90 Å². The summed E-state index contributed by atoms with van der Waals surface area (Å²) >= 11 is 0. The van der Waals surface area contributed by atoms with E-state index >= 15 is 0 Å². The number of amidine groups is 1. The van der Waals surface area contributed by atoms with Crippen molar-refractivity contribution in [3.05, 3.63) is 29.6 Å². The molecule has 0 radical (unpaired) electrons. The minimum absolute atomic E-state index is 0.0377. The van der Waals surface area contributed by atoms with Gasteiger partial charge in [-0.2, -0.15) is 5.26 Å². The second-order valence-corrected chi connectivity index (χ2v) is 5.55. The van der Waals surface area contributed by atoms with Crippen molar-refractivity contribution < 1.29 is 4.39 Å². The third-order valence-corrected chi connectivity index (χ3v) is 3.52. The van der Waals surface area contributed by atoms with Crippen LogP contribution in [0.3, 0.4) is 0 Å². The van der Waals surface area contributed by atoms with E-state index in [1.165, 1.54) is 6.07 Å². The summed E-state index contributed by atoms with van der Waals surface area (Å²) in [5.41, 5.74) is 0.481.